The van der Waals surface area contributed by atoms with Crippen molar-refractivity contribution in [3.8, 4) is 0 Å². The summed E-state index contributed by atoms with van der Waals surface area (Å²) in [6, 6.07) is 0. The van der Waals surface area contributed by atoms with Crippen molar-refractivity contribution in [2.24, 2.45) is 22.7 Å². The van der Waals surface area contributed by atoms with Gasteiger partial charge in [-0.15, -0.1) is 0 Å². The van der Waals surface area contributed by atoms with E-state index >= 15 is 0 Å². The first-order valence-electron chi connectivity index (χ1n) is 7.97. The topological polar surface area (TPSA) is 57.6 Å². The molecule has 4 aliphatic rings. The summed E-state index contributed by atoms with van der Waals surface area (Å²) in [5.74, 6) is 0.462. The third kappa shape index (κ3) is 1.80. The van der Waals surface area contributed by atoms with Crippen LogP contribution >= 0.6 is 0 Å². The van der Waals surface area contributed by atoms with E-state index < -0.39 is 11.4 Å². The summed E-state index contributed by atoms with van der Waals surface area (Å²) >= 11 is 0. The molecule has 0 aromatic heterocycles. The van der Waals surface area contributed by atoms with Gasteiger partial charge in [0.1, 0.15) is 0 Å². The Morgan fingerprint density at radius 3 is 2.00 bits per heavy atom. The summed E-state index contributed by atoms with van der Waals surface area (Å²) in [4.78, 5) is 26.7. The minimum atomic E-state index is -0.664. The quantitative estimate of drug-likeness (QED) is 0.860. The third-order valence-corrected chi connectivity index (χ3v) is 6.02. The predicted octanol–water partition coefficient (Wildman–Crippen LogP) is 2.53. The maximum atomic E-state index is 13.0. The SMILES string of the molecule is CCN(CC)C(=O)C12CC3CC(CC(C(=O)O)(C3)C1)C2. The molecular weight excluding hydrogens is 254 g/mol. The van der Waals surface area contributed by atoms with Crippen molar-refractivity contribution in [2.45, 2.75) is 52.4 Å². The van der Waals surface area contributed by atoms with Crippen LogP contribution in [0, 0.1) is 22.7 Å². The van der Waals surface area contributed by atoms with Crippen LogP contribution in [-0.4, -0.2) is 35.0 Å². The molecule has 4 saturated carbocycles. The summed E-state index contributed by atoms with van der Waals surface area (Å²) in [7, 11) is 0. The van der Waals surface area contributed by atoms with E-state index in [2.05, 4.69) is 0 Å². The molecule has 112 valence electrons. The molecule has 0 radical (unpaired) electrons. The van der Waals surface area contributed by atoms with Crippen LogP contribution in [0.4, 0.5) is 0 Å². The standard InChI is InChI=1S/C16H25NO3/c1-3-17(4-2)13(18)15-6-11-5-12(7-15)9-16(8-11,10-15)14(19)20/h11-12H,3-10H2,1-2H3,(H,19,20). The highest BCUT2D eigenvalue weighted by Gasteiger charge is 2.63. The molecule has 0 spiro atoms. The molecule has 2 atom stereocenters. The van der Waals surface area contributed by atoms with E-state index in [0.29, 0.717) is 18.3 Å². The lowest BCUT2D eigenvalue weighted by molar-refractivity contribution is -0.183. The highest BCUT2D eigenvalue weighted by molar-refractivity contribution is 5.85. The van der Waals surface area contributed by atoms with E-state index in [9.17, 15) is 14.7 Å². The second kappa shape index (κ2) is 4.47. The summed E-state index contributed by atoms with van der Waals surface area (Å²) in [6.07, 6.45) is 5.17. The van der Waals surface area contributed by atoms with Crippen LogP contribution in [0.2, 0.25) is 0 Å². The largest absolute Gasteiger partial charge is 0.481 e. The van der Waals surface area contributed by atoms with Crippen molar-refractivity contribution in [3.63, 3.8) is 0 Å². The van der Waals surface area contributed by atoms with E-state index in [0.717, 1.165) is 45.2 Å². The Balaban J connectivity index is 1.94. The van der Waals surface area contributed by atoms with Crippen molar-refractivity contribution >= 4 is 11.9 Å². The van der Waals surface area contributed by atoms with Gasteiger partial charge in [-0.1, -0.05) is 0 Å². The lowest BCUT2D eigenvalue weighted by Crippen LogP contribution is -2.60. The molecule has 0 aliphatic heterocycles. The van der Waals surface area contributed by atoms with Gasteiger partial charge in [0.15, 0.2) is 0 Å². The van der Waals surface area contributed by atoms with Gasteiger partial charge in [0.05, 0.1) is 10.8 Å². The molecule has 4 bridgehead atoms. The Morgan fingerprint density at radius 1 is 1.05 bits per heavy atom. The van der Waals surface area contributed by atoms with Crippen LogP contribution in [-0.2, 0) is 9.59 Å². The number of nitrogens with zero attached hydrogens (tertiary/aromatic N) is 1. The van der Waals surface area contributed by atoms with Gasteiger partial charge in [-0.2, -0.15) is 0 Å². The second-order valence-electron chi connectivity index (χ2n) is 7.30. The van der Waals surface area contributed by atoms with Gasteiger partial charge < -0.3 is 10.0 Å². The zero-order chi connectivity index (χ0) is 14.5. The van der Waals surface area contributed by atoms with Crippen molar-refractivity contribution in [2.75, 3.05) is 13.1 Å². The first-order chi connectivity index (χ1) is 9.44. The van der Waals surface area contributed by atoms with E-state index in [1.807, 2.05) is 18.7 Å². The molecule has 1 amide bonds. The molecular formula is C16H25NO3. The molecule has 0 aromatic carbocycles. The molecule has 0 heterocycles. The van der Waals surface area contributed by atoms with E-state index in [1.165, 1.54) is 0 Å². The monoisotopic (exact) mass is 279 g/mol. The number of amides is 1. The van der Waals surface area contributed by atoms with Crippen molar-refractivity contribution in [1.29, 1.82) is 0 Å². The first kappa shape index (κ1) is 13.9. The fraction of sp³-hybridized carbons (Fsp3) is 0.875. The smallest absolute Gasteiger partial charge is 0.309 e. The summed E-state index contributed by atoms with van der Waals surface area (Å²) < 4.78 is 0. The van der Waals surface area contributed by atoms with Gasteiger partial charge in [-0.3, -0.25) is 9.59 Å². The average molecular weight is 279 g/mol. The highest BCUT2D eigenvalue weighted by atomic mass is 16.4. The maximum Gasteiger partial charge on any atom is 0.309 e. The molecule has 20 heavy (non-hydrogen) atoms. The van der Waals surface area contributed by atoms with Crippen LogP contribution in [0.1, 0.15) is 52.4 Å². The van der Waals surface area contributed by atoms with Crippen molar-refractivity contribution in [1.82, 2.24) is 4.90 Å². The fourth-order valence-electron chi connectivity index (χ4n) is 5.61. The number of carbonyl (C=O) groups excluding carboxylic acids is 1. The number of aliphatic carboxylic acids is 1. The normalized spacial score (nSPS) is 41.7. The second-order valence-corrected chi connectivity index (χ2v) is 7.30. The molecule has 4 heteroatoms. The van der Waals surface area contributed by atoms with Gasteiger partial charge in [0.2, 0.25) is 5.91 Å². The maximum absolute atomic E-state index is 13.0. The zero-order valence-corrected chi connectivity index (χ0v) is 12.5. The molecule has 4 rings (SSSR count). The Morgan fingerprint density at radius 2 is 1.55 bits per heavy atom. The van der Waals surface area contributed by atoms with Crippen LogP contribution in [0.3, 0.4) is 0 Å². The first-order valence-corrected chi connectivity index (χ1v) is 7.97. The van der Waals surface area contributed by atoms with Crippen LogP contribution < -0.4 is 0 Å². The van der Waals surface area contributed by atoms with Gasteiger partial charge in [-0.05, 0) is 64.2 Å². The number of carboxylic acids is 1. The summed E-state index contributed by atoms with van der Waals surface area (Å²) in [6.45, 7) is 5.47. The molecule has 1 N–H and O–H groups in total. The lowest BCUT2D eigenvalue weighted by atomic mass is 9.44. The van der Waals surface area contributed by atoms with Crippen molar-refractivity contribution in [3.05, 3.63) is 0 Å². The Hall–Kier alpha value is -1.06. The summed E-state index contributed by atoms with van der Waals surface area (Å²) in [5.41, 5.74) is -0.971. The van der Waals surface area contributed by atoms with E-state index in [1.54, 1.807) is 0 Å². The van der Waals surface area contributed by atoms with Gasteiger partial charge >= 0.3 is 5.97 Å². The van der Waals surface area contributed by atoms with Gasteiger partial charge in [0, 0.05) is 13.1 Å². The third-order valence-electron chi connectivity index (χ3n) is 6.02. The lowest BCUT2D eigenvalue weighted by Gasteiger charge is -2.60. The number of hydrogen-bond donors (Lipinski definition) is 1. The predicted molar refractivity (Wildman–Crippen MR) is 75.1 cm³/mol. The van der Waals surface area contributed by atoms with Gasteiger partial charge in [0.25, 0.3) is 0 Å². The number of rotatable bonds is 4. The molecule has 0 saturated heterocycles. The Labute approximate surface area is 120 Å². The molecule has 4 fully saturated rings. The Bertz CT molecular complexity index is 427. The zero-order valence-electron chi connectivity index (χ0n) is 12.5. The van der Waals surface area contributed by atoms with E-state index in [4.69, 9.17) is 0 Å². The molecule has 2 unspecified atom stereocenters. The number of carboxylic acid groups (broad SMARTS) is 1. The van der Waals surface area contributed by atoms with Gasteiger partial charge in [-0.25, -0.2) is 0 Å². The van der Waals surface area contributed by atoms with E-state index in [-0.39, 0.29) is 11.3 Å². The highest BCUT2D eigenvalue weighted by Crippen LogP contribution is 2.65. The van der Waals surface area contributed by atoms with Crippen molar-refractivity contribution < 1.29 is 14.7 Å². The van der Waals surface area contributed by atoms with Crippen LogP contribution in [0.15, 0.2) is 0 Å². The Kier molecular flexibility index (Phi) is 3.11. The minimum absolute atomic E-state index is 0.224. The molecule has 4 nitrogen and oxygen atoms in total. The minimum Gasteiger partial charge on any atom is -0.481 e. The van der Waals surface area contributed by atoms with Crippen LogP contribution in [0.5, 0.6) is 0 Å². The molecule has 4 aliphatic carbocycles. The number of hydrogen-bond acceptors (Lipinski definition) is 2. The summed E-state index contributed by atoms with van der Waals surface area (Å²) in [5, 5.41) is 9.70. The average Bonchev–Trinajstić information content (AvgIpc) is 2.38. The van der Waals surface area contributed by atoms with Crippen LogP contribution in [0.25, 0.3) is 0 Å². The number of carbonyl (C=O) groups is 2. The fourth-order valence-corrected chi connectivity index (χ4v) is 5.61. The molecule has 0 aromatic rings.